The summed E-state index contributed by atoms with van der Waals surface area (Å²) in [7, 11) is -2.71. The quantitative estimate of drug-likeness (QED) is 0.841. The second kappa shape index (κ2) is 5.27. The molecule has 17 heavy (non-hydrogen) atoms. The molecule has 3 nitrogen and oxygen atoms in total. The van der Waals surface area contributed by atoms with Crippen molar-refractivity contribution >= 4 is 9.84 Å². The summed E-state index contributed by atoms with van der Waals surface area (Å²) in [4.78, 5) is 0. The average molecular weight is 259 g/mol. The van der Waals surface area contributed by atoms with E-state index in [0.29, 0.717) is 23.5 Å². The van der Waals surface area contributed by atoms with E-state index in [-0.39, 0.29) is 0 Å². The zero-order valence-electron chi connectivity index (χ0n) is 11.0. The Morgan fingerprint density at radius 2 is 1.76 bits per heavy atom. The molecule has 1 aliphatic heterocycles. The smallest absolute Gasteiger partial charge is 0.150 e. The van der Waals surface area contributed by atoms with Crippen LogP contribution >= 0.6 is 0 Å². The van der Waals surface area contributed by atoms with E-state index in [1.54, 1.807) is 0 Å². The van der Waals surface area contributed by atoms with Crippen molar-refractivity contribution in [3.63, 3.8) is 0 Å². The molecule has 3 atom stereocenters. The number of nitrogens with one attached hydrogen (secondary N) is 1. The maximum atomic E-state index is 11.4. The summed E-state index contributed by atoms with van der Waals surface area (Å²) in [6.45, 7) is 5.54. The second-order valence-electron chi connectivity index (χ2n) is 6.29. The first kappa shape index (κ1) is 13.3. The number of sulfone groups is 1. The van der Waals surface area contributed by atoms with E-state index < -0.39 is 9.84 Å². The molecule has 0 aromatic carbocycles. The van der Waals surface area contributed by atoms with Crippen molar-refractivity contribution in [2.45, 2.75) is 45.6 Å². The molecule has 2 rings (SSSR count). The highest BCUT2D eigenvalue weighted by Crippen LogP contribution is 2.29. The van der Waals surface area contributed by atoms with Gasteiger partial charge in [-0.05, 0) is 50.0 Å². The van der Waals surface area contributed by atoms with Crippen LogP contribution in [0.5, 0.6) is 0 Å². The summed E-state index contributed by atoms with van der Waals surface area (Å²) < 4.78 is 22.7. The van der Waals surface area contributed by atoms with Gasteiger partial charge >= 0.3 is 0 Å². The van der Waals surface area contributed by atoms with Gasteiger partial charge in [0, 0.05) is 6.04 Å². The molecule has 0 radical (unpaired) electrons. The van der Waals surface area contributed by atoms with E-state index in [2.05, 4.69) is 19.2 Å². The largest absolute Gasteiger partial charge is 0.314 e. The molecular weight excluding hydrogens is 234 g/mol. The topological polar surface area (TPSA) is 46.2 Å². The molecule has 1 heterocycles. The monoisotopic (exact) mass is 259 g/mol. The lowest BCUT2D eigenvalue weighted by Crippen LogP contribution is -2.39. The number of hydrogen-bond donors (Lipinski definition) is 1. The Morgan fingerprint density at radius 3 is 2.29 bits per heavy atom. The fraction of sp³-hybridized carbons (Fsp3) is 1.00. The Labute approximate surface area is 105 Å². The van der Waals surface area contributed by atoms with E-state index >= 15 is 0 Å². The van der Waals surface area contributed by atoms with Crippen LogP contribution in [-0.4, -0.2) is 32.5 Å². The van der Waals surface area contributed by atoms with E-state index in [0.717, 1.165) is 24.8 Å². The summed E-state index contributed by atoms with van der Waals surface area (Å²) in [5.74, 6) is 2.77. The van der Waals surface area contributed by atoms with E-state index in [1.165, 1.54) is 19.3 Å². The van der Waals surface area contributed by atoms with Crippen LogP contribution in [0.4, 0.5) is 0 Å². The molecule has 1 saturated heterocycles. The summed E-state index contributed by atoms with van der Waals surface area (Å²) in [6, 6.07) is 0.608. The normalized spacial score (nSPS) is 41.5. The zero-order chi connectivity index (χ0) is 12.5. The van der Waals surface area contributed by atoms with Gasteiger partial charge in [-0.15, -0.1) is 0 Å². The predicted molar refractivity (Wildman–Crippen MR) is 70.7 cm³/mol. The third-order valence-corrected chi connectivity index (χ3v) is 6.04. The fourth-order valence-electron chi connectivity index (χ4n) is 3.48. The molecule has 3 unspecified atom stereocenters. The highest BCUT2D eigenvalue weighted by molar-refractivity contribution is 7.91. The van der Waals surface area contributed by atoms with Crippen LogP contribution in [0.15, 0.2) is 0 Å². The Balaban J connectivity index is 1.75. The van der Waals surface area contributed by atoms with Crippen LogP contribution in [0.2, 0.25) is 0 Å². The van der Waals surface area contributed by atoms with Gasteiger partial charge in [-0.1, -0.05) is 13.8 Å². The van der Waals surface area contributed by atoms with Gasteiger partial charge in [0.15, 0.2) is 9.84 Å². The van der Waals surface area contributed by atoms with Gasteiger partial charge in [-0.3, -0.25) is 0 Å². The first-order valence-corrected chi connectivity index (χ1v) is 8.70. The summed E-state index contributed by atoms with van der Waals surface area (Å²) >= 11 is 0. The molecule has 1 N–H and O–H groups in total. The summed E-state index contributed by atoms with van der Waals surface area (Å²) in [5.41, 5.74) is 0. The van der Waals surface area contributed by atoms with Gasteiger partial charge < -0.3 is 5.32 Å². The molecule has 0 spiro atoms. The van der Waals surface area contributed by atoms with Crippen molar-refractivity contribution in [1.29, 1.82) is 0 Å². The molecule has 1 saturated carbocycles. The van der Waals surface area contributed by atoms with Crippen LogP contribution in [0.3, 0.4) is 0 Å². The molecule has 0 aromatic heterocycles. The van der Waals surface area contributed by atoms with Gasteiger partial charge in [0.05, 0.1) is 11.5 Å². The first-order valence-electron chi connectivity index (χ1n) is 6.88. The molecule has 100 valence electrons. The molecule has 1 aliphatic carbocycles. The van der Waals surface area contributed by atoms with Crippen LogP contribution in [0.1, 0.15) is 39.5 Å². The van der Waals surface area contributed by atoms with Crippen molar-refractivity contribution in [3.05, 3.63) is 0 Å². The highest BCUT2D eigenvalue weighted by atomic mass is 32.2. The summed E-state index contributed by atoms with van der Waals surface area (Å²) in [6.07, 6.45) is 4.71. The van der Waals surface area contributed by atoms with Crippen molar-refractivity contribution in [1.82, 2.24) is 5.32 Å². The minimum absolute atomic E-state index is 0.354. The van der Waals surface area contributed by atoms with Gasteiger partial charge in [0.1, 0.15) is 0 Å². The fourth-order valence-corrected chi connectivity index (χ4v) is 5.34. The molecular formula is C13H25NO2S. The highest BCUT2D eigenvalue weighted by Gasteiger charge is 2.29. The zero-order valence-corrected chi connectivity index (χ0v) is 11.8. The third kappa shape index (κ3) is 3.95. The van der Waals surface area contributed by atoms with Gasteiger partial charge in [0.25, 0.3) is 0 Å². The van der Waals surface area contributed by atoms with Crippen molar-refractivity contribution in [2.24, 2.45) is 17.8 Å². The maximum absolute atomic E-state index is 11.4. The standard InChI is InChI=1S/C13H25NO2S/c1-10-5-11(2)7-13(6-10)14-8-12-3-4-17(15,16)9-12/h10-14H,3-9H2,1-2H3. The van der Waals surface area contributed by atoms with Crippen LogP contribution in [-0.2, 0) is 9.84 Å². The molecule has 0 amide bonds. The van der Waals surface area contributed by atoms with Crippen molar-refractivity contribution in [2.75, 3.05) is 18.1 Å². The third-order valence-electron chi connectivity index (χ3n) is 4.20. The van der Waals surface area contributed by atoms with Crippen LogP contribution in [0, 0.1) is 17.8 Å². The lowest BCUT2D eigenvalue weighted by Gasteiger charge is -2.32. The lowest BCUT2D eigenvalue weighted by molar-refractivity contribution is 0.234. The van der Waals surface area contributed by atoms with Crippen molar-refractivity contribution in [3.8, 4) is 0 Å². The Bertz CT molecular complexity index is 342. The van der Waals surface area contributed by atoms with Crippen molar-refractivity contribution < 1.29 is 8.42 Å². The van der Waals surface area contributed by atoms with Gasteiger partial charge in [-0.2, -0.15) is 0 Å². The lowest BCUT2D eigenvalue weighted by atomic mass is 9.80. The van der Waals surface area contributed by atoms with E-state index in [4.69, 9.17) is 0 Å². The number of rotatable bonds is 3. The minimum Gasteiger partial charge on any atom is -0.314 e. The average Bonchev–Trinajstić information content (AvgIpc) is 2.54. The Morgan fingerprint density at radius 1 is 1.12 bits per heavy atom. The van der Waals surface area contributed by atoms with Crippen LogP contribution < -0.4 is 5.32 Å². The molecule has 0 bridgehead atoms. The second-order valence-corrected chi connectivity index (χ2v) is 8.52. The first-order chi connectivity index (χ1) is 7.94. The molecule has 0 aromatic rings. The Kier molecular flexibility index (Phi) is 4.14. The minimum atomic E-state index is -2.71. The van der Waals surface area contributed by atoms with Gasteiger partial charge in [-0.25, -0.2) is 8.42 Å². The van der Waals surface area contributed by atoms with E-state index in [1.807, 2.05) is 0 Å². The maximum Gasteiger partial charge on any atom is 0.150 e. The molecule has 2 aliphatic rings. The Hall–Kier alpha value is -0.0900. The predicted octanol–water partition coefficient (Wildman–Crippen LogP) is 1.84. The van der Waals surface area contributed by atoms with Crippen LogP contribution in [0.25, 0.3) is 0 Å². The SMILES string of the molecule is CC1CC(C)CC(NCC2CCS(=O)(=O)C2)C1. The molecule has 2 fully saturated rings. The number of hydrogen-bond acceptors (Lipinski definition) is 3. The van der Waals surface area contributed by atoms with Gasteiger partial charge in [0.2, 0.25) is 0 Å². The molecule has 4 heteroatoms. The van der Waals surface area contributed by atoms with E-state index in [9.17, 15) is 8.42 Å². The summed E-state index contributed by atoms with van der Waals surface area (Å²) in [5, 5.41) is 3.60.